The van der Waals surface area contributed by atoms with Gasteiger partial charge in [0.15, 0.2) is 0 Å². The van der Waals surface area contributed by atoms with Gasteiger partial charge < -0.3 is 31.1 Å². The highest BCUT2D eigenvalue weighted by Gasteiger charge is 2.25. The molecule has 1 amide bonds. The summed E-state index contributed by atoms with van der Waals surface area (Å²) in [7, 11) is 0. The number of nitrogens with two attached hydrogens (primary N) is 1. The van der Waals surface area contributed by atoms with Crippen LogP contribution in [0.2, 0.25) is 0 Å². The van der Waals surface area contributed by atoms with Gasteiger partial charge in [0.1, 0.15) is 18.8 Å². The van der Waals surface area contributed by atoms with Gasteiger partial charge in [0.2, 0.25) is 0 Å². The number of carbonyl (C=O) groups is 2. The summed E-state index contributed by atoms with van der Waals surface area (Å²) in [4.78, 5) is 23.0. The third-order valence-electron chi connectivity index (χ3n) is 3.69. The maximum Gasteiger partial charge on any atom is 0.407 e. The Kier molecular flexibility index (Phi) is 6.54. The normalized spacial score (nSPS) is 12.8. The second-order valence-electron chi connectivity index (χ2n) is 5.57. The minimum absolute atomic E-state index is 0.0310. The van der Waals surface area contributed by atoms with Crippen molar-refractivity contribution in [3.05, 3.63) is 65.2 Å². The number of carboxylic acid groups (broad SMARTS) is 1. The molecule has 2 unspecified atom stereocenters. The topological polar surface area (TPSA) is 142 Å². The van der Waals surface area contributed by atoms with E-state index in [1.165, 1.54) is 18.2 Å². The predicted molar refractivity (Wildman–Crippen MR) is 93.4 cm³/mol. The fraction of sp³-hybridized carbons (Fsp3) is 0.222. The zero-order valence-corrected chi connectivity index (χ0v) is 13.8. The summed E-state index contributed by atoms with van der Waals surface area (Å²) >= 11 is 0. The van der Waals surface area contributed by atoms with Crippen molar-refractivity contribution in [2.75, 3.05) is 12.3 Å². The summed E-state index contributed by atoms with van der Waals surface area (Å²) in [6.07, 6.45) is -3.76. The summed E-state index contributed by atoms with van der Waals surface area (Å²) < 4.78 is 4.99. The fourth-order valence-electron chi connectivity index (χ4n) is 2.36. The van der Waals surface area contributed by atoms with E-state index in [1.54, 1.807) is 12.1 Å². The SMILES string of the molecule is Nc1cccc(C(O)C(O)CNC(=O)OCc2ccccc2)c1C(=O)O. The lowest BCUT2D eigenvalue weighted by Crippen LogP contribution is -2.36. The van der Waals surface area contributed by atoms with Crippen molar-refractivity contribution in [3.8, 4) is 0 Å². The van der Waals surface area contributed by atoms with Crippen LogP contribution in [0.3, 0.4) is 0 Å². The van der Waals surface area contributed by atoms with Gasteiger partial charge in [-0.2, -0.15) is 0 Å². The Morgan fingerprint density at radius 2 is 1.77 bits per heavy atom. The van der Waals surface area contributed by atoms with Crippen LogP contribution in [0.1, 0.15) is 27.6 Å². The average molecular weight is 360 g/mol. The second kappa shape index (κ2) is 8.84. The van der Waals surface area contributed by atoms with Crippen LogP contribution in [0.5, 0.6) is 0 Å². The van der Waals surface area contributed by atoms with Crippen LogP contribution in [0.15, 0.2) is 48.5 Å². The average Bonchev–Trinajstić information content (AvgIpc) is 2.64. The summed E-state index contributed by atoms with van der Waals surface area (Å²) in [6.45, 7) is -0.271. The minimum Gasteiger partial charge on any atom is -0.478 e. The number of anilines is 1. The summed E-state index contributed by atoms with van der Waals surface area (Å²) in [5, 5.41) is 31.8. The molecule has 0 radical (unpaired) electrons. The van der Waals surface area contributed by atoms with Crippen molar-refractivity contribution < 1.29 is 29.6 Å². The zero-order valence-electron chi connectivity index (χ0n) is 13.8. The van der Waals surface area contributed by atoms with Crippen LogP contribution < -0.4 is 11.1 Å². The van der Waals surface area contributed by atoms with Crippen LogP contribution in [-0.4, -0.2) is 40.0 Å². The number of nitrogens with one attached hydrogen (secondary N) is 1. The molecule has 0 aliphatic carbocycles. The Balaban J connectivity index is 1.91. The van der Waals surface area contributed by atoms with E-state index in [4.69, 9.17) is 10.5 Å². The number of aliphatic hydroxyl groups excluding tert-OH is 2. The third-order valence-corrected chi connectivity index (χ3v) is 3.69. The Morgan fingerprint density at radius 3 is 2.42 bits per heavy atom. The smallest absolute Gasteiger partial charge is 0.407 e. The van der Waals surface area contributed by atoms with Gasteiger partial charge >= 0.3 is 12.1 Å². The number of rotatable bonds is 7. The second-order valence-corrected chi connectivity index (χ2v) is 5.57. The Hall–Kier alpha value is -3.10. The quantitative estimate of drug-likeness (QED) is 0.468. The Bertz CT molecular complexity index is 766. The molecule has 0 bridgehead atoms. The summed E-state index contributed by atoms with van der Waals surface area (Å²) in [6, 6.07) is 13.2. The van der Waals surface area contributed by atoms with E-state index in [0.717, 1.165) is 5.56 Å². The highest BCUT2D eigenvalue weighted by atomic mass is 16.5. The molecule has 138 valence electrons. The van der Waals surface area contributed by atoms with Crippen LogP contribution >= 0.6 is 0 Å². The monoisotopic (exact) mass is 360 g/mol. The zero-order chi connectivity index (χ0) is 19.1. The Labute approximate surface area is 149 Å². The molecule has 0 spiro atoms. The number of alkyl carbamates (subject to hydrolysis) is 1. The number of amides is 1. The van der Waals surface area contributed by atoms with E-state index in [0.29, 0.717) is 0 Å². The molecule has 0 saturated carbocycles. The fourth-order valence-corrected chi connectivity index (χ4v) is 2.36. The van der Waals surface area contributed by atoms with Gasteiger partial charge in [0.05, 0.1) is 5.56 Å². The predicted octanol–water partition coefficient (Wildman–Crippen LogP) is 1.29. The van der Waals surface area contributed by atoms with Gasteiger partial charge in [0, 0.05) is 12.2 Å². The number of ether oxygens (including phenoxy) is 1. The van der Waals surface area contributed by atoms with Crippen LogP contribution in [0.25, 0.3) is 0 Å². The molecule has 8 heteroatoms. The van der Waals surface area contributed by atoms with E-state index >= 15 is 0 Å². The highest BCUT2D eigenvalue weighted by Crippen LogP contribution is 2.25. The molecule has 26 heavy (non-hydrogen) atoms. The van der Waals surface area contributed by atoms with Crippen molar-refractivity contribution in [1.82, 2.24) is 5.32 Å². The van der Waals surface area contributed by atoms with Crippen molar-refractivity contribution in [1.29, 1.82) is 0 Å². The van der Waals surface area contributed by atoms with Gasteiger partial charge in [-0.05, 0) is 17.2 Å². The minimum atomic E-state index is -1.54. The molecular formula is C18H20N2O6. The highest BCUT2D eigenvalue weighted by molar-refractivity contribution is 5.95. The number of carboxylic acids is 1. The van der Waals surface area contributed by atoms with Gasteiger partial charge in [-0.25, -0.2) is 9.59 Å². The molecule has 2 aromatic rings. The lowest BCUT2D eigenvalue weighted by atomic mass is 9.97. The van der Waals surface area contributed by atoms with Crippen LogP contribution in [-0.2, 0) is 11.3 Å². The van der Waals surface area contributed by atoms with Gasteiger partial charge in [-0.3, -0.25) is 0 Å². The first kappa shape index (κ1) is 19.2. The van der Waals surface area contributed by atoms with Crippen molar-refractivity contribution in [2.45, 2.75) is 18.8 Å². The molecule has 6 N–H and O–H groups in total. The maximum absolute atomic E-state index is 11.7. The van der Waals surface area contributed by atoms with Crippen molar-refractivity contribution in [2.24, 2.45) is 0 Å². The van der Waals surface area contributed by atoms with Crippen molar-refractivity contribution >= 4 is 17.7 Å². The lowest BCUT2D eigenvalue weighted by molar-refractivity contribution is 0.0174. The molecule has 2 atom stereocenters. The molecule has 8 nitrogen and oxygen atoms in total. The molecule has 0 saturated heterocycles. The summed E-state index contributed by atoms with van der Waals surface area (Å²) in [5.74, 6) is -1.32. The van der Waals surface area contributed by atoms with E-state index in [2.05, 4.69) is 5.32 Å². The molecule has 0 aromatic heterocycles. The number of hydrogen-bond donors (Lipinski definition) is 5. The number of hydrogen-bond acceptors (Lipinski definition) is 6. The lowest BCUT2D eigenvalue weighted by Gasteiger charge is -2.20. The molecule has 0 fully saturated rings. The number of aromatic carboxylic acids is 1. The van der Waals surface area contributed by atoms with Gasteiger partial charge in [-0.1, -0.05) is 42.5 Å². The molecule has 2 rings (SSSR count). The first-order chi connectivity index (χ1) is 12.4. The van der Waals surface area contributed by atoms with E-state index in [9.17, 15) is 24.9 Å². The molecule has 0 aliphatic heterocycles. The number of benzene rings is 2. The number of nitrogen functional groups attached to an aromatic ring is 1. The number of carbonyl (C=O) groups excluding carboxylic acids is 1. The first-order valence-electron chi connectivity index (χ1n) is 7.82. The van der Waals surface area contributed by atoms with Crippen molar-refractivity contribution in [3.63, 3.8) is 0 Å². The van der Waals surface area contributed by atoms with E-state index in [1.807, 2.05) is 18.2 Å². The van der Waals surface area contributed by atoms with E-state index < -0.39 is 24.3 Å². The van der Waals surface area contributed by atoms with Gasteiger partial charge in [-0.15, -0.1) is 0 Å². The molecular weight excluding hydrogens is 340 g/mol. The molecule has 0 heterocycles. The van der Waals surface area contributed by atoms with E-state index in [-0.39, 0.29) is 30.0 Å². The maximum atomic E-state index is 11.7. The van der Waals surface area contributed by atoms with Crippen LogP contribution in [0, 0.1) is 0 Å². The standard InChI is InChI=1S/C18H20N2O6/c19-13-8-4-7-12(15(13)17(23)24)16(22)14(21)9-20-18(25)26-10-11-5-2-1-3-6-11/h1-8,14,16,21-22H,9-10,19H2,(H,20,25)(H,23,24). The van der Waals surface area contributed by atoms with Crippen LogP contribution in [0.4, 0.5) is 10.5 Å². The molecule has 0 aliphatic rings. The summed E-state index contributed by atoms with van der Waals surface area (Å²) in [5.41, 5.74) is 6.06. The Morgan fingerprint density at radius 1 is 1.08 bits per heavy atom. The largest absolute Gasteiger partial charge is 0.478 e. The van der Waals surface area contributed by atoms with Gasteiger partial charge in [0.25, 0.3) is 0 Å². The number of aliphatic hydroxyl groups is 2. The first-order valence-corrected chi connectivity index (χ1v) is 7.82. The third kappa shape index (κ3) is 4.95. The molecule has 2 aromatic carbocycles.